The van der Waals surface area contributed by atoms with Gasteiger partial charge in [0.1, 0.15) is 0 Å². The standard InChI is InChI=1S/C18H21N3O.ClH/c19-15-7-5-6-14(12-15)13-18(22)20-16-8-1-2-9-17(16)21-10-3-4-11-21;/h1-2,5-9,12H,3-4,10-11,13,19H2,(H,20,22);1H. The Kier molecular flexibility index (Phi) is 5.88. The number of amides is 1. The molecule has 2 aromatic carbocycles. The minimum absolute atomic E-state index is 0. The lowest BCUT2D eigenvalue weighted by Crippen LogP contribution is -2.21. The second-order valence-electron chi connectivity index (χ2n) is 5.68. The van der Waals surface area contributed by atoms with Crippen molar-refractivity contribution >= 4 is 35.4 Å². The number of nitrogens with zero attached hydrogens (tertiary/aromatic N) is 1. The first-order valence-electron chi connectivity index (χ1n) is 7.70. The number of hydrogen-bond acceptors (Lipinski definition) is 3. The Bertz CT molecular complexity index is 669. The van der Waals surface area contributed by atoms with Crippen molar-refractivity contribution in [2.75, 3.05) is 29.0 Å². The van der Waals surface area contributed by atoms with Crippen molar-refractivity contribution in [1.29, 1.82) is 0 Å². The largest absolute Gasteiger partial charge is 0.399 e. The maximum atomic E-state index is 12.3. The summed E-state index contributed by atoms with van der Waals surface area (Å²) in [5.41, 5.74) is 9.36. The van der Waals surface area contributed by atoms with E-state index in [0.717, 1.165) is 30.0 Å². The number of halogens is 1. The molecule has 0 saturated carbocycles. The number of para-hydroxylation sites is 2. The quantitative estimate of drug-likeness (QED) is 0.843. The van der Waals surface area contributed by atoms with E-state index < -0.39 is 0 Å². The number of benzene rings is 2. The highest BCUT2D eigenvalue weighted by atomic mass is 35.5. The normalized spacial score (nSPS) is 13.5. The van der Waals surface area contributed by atoms with Crippen LogP contribution in [0, 0.1) is 0 Å². The van der Waals surface area contributed by atoms with Gasteiger partial charge in [-0.1, -0.05) is 24.3 Å². The highest BCUT2D eigenvalue weighted by molar-refractivity contribution is 5.95. The van der Waals surface area contributed by atoms with Crippen LogP contribution in [0.5, 0.6) is 0 Å². The SMILES string of the molecule is Cl.Nc1cccc(CC(=O)Nc2ccccc2N2CCCC2)c1. The summed E-state index contributed by atoms with van der Waals surface area (Å²) >= 11 is 0. The van der Waals surface area contributed by atoms with E-state index in [9.17, 15) is 4.79 Å². The molecule has 1 amide bonds. The molecule has 0 radical (unpaired) electrons. The molecule has 122 valence electrons. The van der Waals surface area contributed by atoms with E-state index >= 15 is 0 Å². The minimum atomic E-state index is -0.0164. The molecule has 1 saturated heterocycles. The van der Waals surface area contributed by atoms with Crippen LogP contribution < -0.4 is 16.0 Å². The second-order valence-corrected chi connectivity index (χ2v) is 5.68. The molecule has 3 N–H and O–H groups in total. The van der Waals surface area contributed by atoms with E-state index in [-0.39, 0.29) is 18.3 Å². The molecule has 0 unspecified atom stereocenters. The molecule has 0 aliphatic carbocycles. The van der Waals surface area contributed by atoms with Crippen LogP contribution in [0.15, 0.2) is 48.5 Å². The second kappa shape index (κ2) is 7.88. The van der Waals surface area contributed by atoms with Crippen LogP contribution in [-0.4, -0.2) is 19.0 Å². The maximum Gasteiger partial charge on any atom is 0.228 e. The third-order valence-corrected chi connectivity index (χ3v) is 3.94. The van der Waals surface area contributed by atoms with Crippen LogP contribution in [0.1, 0.15) is 18.4 Å². The van der Waals surface area contributed by atoms with Gasteiger partial charge in [0.2, 0.25) is 5.91 Å². The number of nitrogens with one attached hydrogen (secondary N) is 1. The number of rotatable bonds is 4. The summed E-state index contributed by atoms with van der Waals surface area (Å²) in [5, 5.41) is 3.03. The van der Waals surface area contributed by atoms with Gasteiger partial charge in [-0.25, -0.2) is 0 Å². The fourth-order valence-electron chi connectivity index (χ4n) is 2.90. The Morgan fingerprint density at radius 1 is 1.09 bits per heavy atom. The summed E-state index contributed by atoms with van der Waals surface area (Å²) in [5.74, 6) is -0.0164. The molecule has 2 aromatic rings. The predicted octanol–water partition coefficient (Wildman–Crippen LogP) is 3.47. The zero-order valence-corrected chi connectivity index (χ0v) is 13.8. The number of carbonyl (C=O) groups is 1. The van der Waals surface area contributed by atoms with Crippen LogP contribution in [-0.2, 0) is 11.2 Å². The zero-order chi connectivity index (χ0) is 15.4. The van der Waals surface area contributed by atoms with Crippen LogP contribution in [0.2, 0.25) is 0 Å². The lowest BCUT2D eigenvalue weighted by molar-refractivity contribution is -0.115. The Morgan fingerprint density at radius 3 is 2.57 bits per heavy atom. The van der Waals surface area contributed by atoms with Gasteiger partial charge in [0.05, 0.1) is 17.8 Å². The number of anilines is 3. The fourth-order valence-corrected chi connectivity index (χ4v) is 2.90. The monoisotopic (exact) mass is 331 g/mol. The molecule has 1 heterocycles. The minimum Gasteiger partial charge on any atom is -0.399 e. The van der Waals surface area contributed by atoms with Crippen LogP contribution in [0.3, 0.4) is 0 Å². The molecule has 0 spiro atoms. The van der Waals surface area contributed by atoms with Crippen LogP contribution >= 0.6 is 12.4 Å². The van der Waals surface area contributed by atoms with E-state index in [1.54, 1.807) is 0 Å². The van der Waals surface area contributed by atoms with Gasteiger partial charge in [-0.05, 0) is 42.7 Å². The van der Waals surface area contributed by atoms with Gasteiger partial charge in [0.15, 0.2) is 0 Å². The van der Waals surface area contributed by atoms with E-state index in [1.807, 2.05) is 42.5 Å². The molecule has 0 atom stereocenters. The molecule has 1 aliphatic heterocycles. The van der Waals surface area contributed by atoms with Gasteiger partial charge in [-0.2, -0.15) is 0 Å². The smallest absolute Gasteiger partial charge is 0.228 e. The highest BCUT2D eigenvalue weighted by Crippen LogP contribution is 2.28. The summed E-state index contributed by atoms with van der Waals surface area (Å²) in [4.78, 5) is 14.6. The van der Waals surface area contributed by atoms with Crippen LogP contribution in [0.4, 0.5) is 17.1 Å². The molecule has 0 aromatic heterocycles. The fraction of sp³-hybridized carbons (Fsp3) is 0.278. The van der Waals surface area contributed by atoms with Crippen molar-refractivity contribution in [2.24, 2.45) is 0 Å². The topological polar surface area (TPSA) is 58.4 Å². The predicted molar refractivity (Wildman–Crippen MR) is 98.3 cm³/mol. The van der Waals surface area contributed by atoms with Gasteiger partial charge >= 0.3 is 0 Å². The Morgan fingerprint density at radius 2 is 1.83 bits per heavy atom. The van der Waals surface area contributed by atoms with Gasteiger partial charge < -0.3 is 16.0 Å². The van der Waals surface area contributed by atoms with Gasteiger partial charge in [0.25, 0.3) is 0 Å². The Hall–Kier alpha value is -2.20. The summed E-state index contributed by atoms with van der Waals surface area (Å²) in [7, 11) is 0. The first-order valence-corrected chi connectivity index (χ1v) is 7.70. The van der Waals surface area contributed by atoms with E-state index in [4.69, 9.17) is 5.73 Å². The molecule has 4 nitrogen and oxygen atoms in total. The molecular formula is C18H22ClN3O. The molecule has 23 heavy (non-hydrogen) atoms. The summed E-state index contributed by atoms with van der Waals surface area (Å²) in [6, 6.07) is 15.5. The van der Waals surface area contributed by atoms with Crippen molar-refractivity contribution in [3.05, 3.63) is 54.1 Å². The number of hydrogen-bond donors (Lipinski definition) is 2. The van der Waals surface area contributed by atoms with Crippen LogP contribution in [0.25, 0.3) is 0 Å². The van der Waals surface area contributed by atoms with Crippen molar-refractivity contribution in [3.63, 3.8) is 0 Å². The van der Waals surface area contributed by atoms with E-state index in [1.165, 1.54) is 12.8 Å². The third kappa shape index (κ3) is 4.39. The van der Waals surface area contributed by atoms with Crippen molar-refractivity contribution in [3.8, 4) is 0 Å². The molecule has 1 aliphatic rings. The van der Waals surface area contributed by atoms with Crippen molar-refractivity contribution < 1.29 is 4.79 Å². The van der Waals surface area contributed by atoms with Crippen molar-refractivity contribution in [1.82, 2.24) is 0 Å². The first kappa shape index (κ1) is 17.2. The average molecular weight is 332 g/mol. The molecule has 1 fully saturated rings. The van der Waals surface area contributed by atoms with Gasteiger partial charge in [0, 0.05) is 18.8 Å². The zero-order valence-electron chi connectivity index (χ0n) is 13.0. The summed E-state index contributed by atoms with van der Waals surface area (Å²) in [6.07, 6.45) is 2.76. The lowest BCUT2D eigenvalue weighted by atomic mass is 10.1. The number of carbonyl (C=O) groups excluding carboxylic acids is 1. The molecule has 3 rings (SSSR count). The van der Waals surface area contributed by atoms with E-state index in [2.05, 4.69) is 16.3 Å². The highest BCUT2D eigenvalue weighted by Gasteiger charge is 2.16. The first-order chi connectivity index (χ1) is 10.7. The molecule has 5 heteroatoms. The molecule has 0 bridgehead atoms. The number of nitrogens with two attached hydrogens (primary N) is 1. The third-order valence-electron chi connectivity index (χ3n) is 3.94. The summed E-state index contributed by atoms with van der Waals surface area (Å²) < 4.78 is 0. The lowest BCUT2D eigenvalue weighted by Gasteiger charge is -2.21. The number of nitrogen functional groups attached to an aromatic ring is 1. The van der Waals surface area contributed by atoms with E-state index in [0.29, 0.717) is 12.1 Å². The average Bonchev–Trinajstić information content (AvgIpc) is 3.02. The Labute approximate surface area is 143 Å². The summed E-state index contributed by atoms with van der Waals surface area (Å²) in [6.45, 7) is 2.12. The van der Waals surface area contributed by atoms with Gasteiger partial charge in [-0.15, -0.1) is 12.4 Å². The maximum absolute atomic E-state index is 12.3. The Balaban J connectivity index is 0.00000192. The molecular weight excluding hydrogens is 310 g/mol. The van der Waals surface area contributed by atoms with Gasteiger partial charge in [-0.3, -0.25) is 4.79 Å². The van der Waals surface area contributed by atoms with Crippen molar-refractivity contribution in [2.45, 2.75) is 19.3 Å².